The third-order valence-corrected chi connectivity index (χ3v) is 4.46. The fourth-order valence-electron chi connectivity index (χ4n) is 2.08. The Bertz CT molecular complexity index is 615. The van der Waals surface area contributed by atoms with Crippen LogP contribution in [-0.4, -0.2) is 18.2 Å². The van der Waals surface area contributed by atoms with Crippen LogP contribution in [0.5, 0.6) is 11.5 Å². The van der Waals surface area contributed by atoms with E-state index in [1.165, 1.54) is 10.4 Å². The normalized spacial score (nSPS) is 13.5. The monoisotopic (exact) mass is 354 g/mol. The van der Waals surface area contributed by atoms with E-state index in [9.17, 15) is 0 Å². The van der Waals surface area contributed by atoms with Crippen LogP contribution in [0.1, 0.15) is 15.4 Å². The fraction of sp³-hybridized carbons (Fsp3) is 0.357. The molecule has 1 N–H and O–H groups in total. The summed E-state index contributed by atoms with van der Waals surface area (Å²) in [6.07, 6.45) is 1.92. The number of benzene rings is 1. The van der Waals surface area contributed by atoms with Gasteiger partial charge in [0.05, 0.1) is 9.48 Å². The molecule has 0 bridgehead atoms. The van der Waals surface area contributed by atoms with Crippen LogP contribution in [0, 0.1) is 6.92 Å². The summed E-state index contributed by atoms with van der Waals surface area (Å²) in [7, 11) is 0. The molecule has 1 aliphatic rings. The molecule has 20 heavy (non-hydrogen) atoms. The summed E-state index contributed by atoms with van der Waals surface area (Å²) in [6, 6.07) is 4.10. The standard InChI is InChI=1S/C14H15BrN2O2S/c1-9-17-8-11(20-9)7-16-6-10-4-12(15)14-13(5-10)18-2-3-19-14/h4-5,8,16H,2-3,6-7H2,1H3. The van der Waals surface area contributed by atoms with Crippen LogP contribution in [0.25, 0.3) is 0 Å². The minimum atomic E-state index is 0.605. The first-order chi connectivity index (χ1) is 9.72. The second-order valence-electron chi connectivity index (χ2n) is 4.55. The second-order valence-corrected chi connectivity index (χ2v) is 6.72. The molecule has 0 saturated heterocycles. The number of aryl methyl sites for hydroxylation is 1. The zero-order chi connectivity index (χ0) is 13.9. The van der Waals surface area contributed by atoms with Crippen molar-refractivity contribution in [2.24, 2.45) is 0 Å². The van der Waals surface area contributed by atoms with Crippen LogP contribution < -0.4 is 14.8 Å². The number of nitrogens with one attached hydrogen (secondary N) is 1. The number of fused-ring (bicyclic) bond motifs is 1. The molecule has 0 amide bonds. The highest BCUT2D eigenvalue weighted by Gasteiger charge is 2.16. The average Bonchev–Trinajstić information content (AvgIpc) is 2.85. The third-order valence-electron chi connectivity index (χ3n) is 2.95. The van der Waals surface area contributed by atoms with Crippen LogP contribution in [0.2, 0.25) is 0 Å². The Labute approximate surface area is 130 Å². The zero-order valence-corrected chi connectivity index (χ0v) is 13.5. The molecule has 0 atom stereocenters. The summed E-state index contributed by atoms with van der Waals surface area (Å²) < 4.78 is 12.2. The maximum absolute atomic E-state index is 5.62. The summed E-state index contributed by atoms with van der Waals surface area (Å²) in [5.74, 6) is 1.62. The molecule has 0 aliphatic carbocycles. The van der Waals surface area contributed by atoms with Crippen molar-refractivity contribution >= 4 is 27.3 Å². The summed E-state index contributed by atoms with van der Waals surface area (Å²) >= 11 is 5.25. The minimum Gasteiger partial charge on any atom is -0.486 e. The van der Waals surface area contributed by atoms with Crippen molar-refractivity contribution in [1.82, 2.24) is 10.3 Å². The molecule has 1 aromatic heterocycles. The molecule has 4 nitrogen and oxygen atoms in total. The lowest BCUT2D eigenvalue weighted by atomic mass is 10.2. The van der Waals surface area contributed by atoms with E-state index in [-0.39, 0.29) is 0 Å². The maximum atomic E-state index is 5.62. The molecule has 3 rings (SSSR count). The predicted octanol–water partition coefficient (Wildman–Crippen LogP) is 3.28. The first-order valence-corrected chi connectivity index (χ1v) is 8.03. The van der Waals surface area contributed by atoms with E-state index in [0.717, 1.165) is 34.1 Å². The minimum absolute atomic E-state index is 0.605. The number of thiazole rings is 1. The maximum Gasteiger partial charge on any atom is 0.175 e. The van der Waals surface area contributed by atoms with E-state index in [1.54, 1.807) is 11.3 Å². The molecule has 0 saturated carbocycles. The van der Waals surface area contributed by atoms with E-state index in [0.29, 0.717) is 13.2 Å². The van der Waals surface area contributed by atoms with Crippen LogP contribution in [-0.2, 0) is 13.1 Å². The summed E-state index contributed by atoms with van der Waals surface area (Å²) in [4.78, 5) is 5.50. The Morgan fingerprint density at radius 1 is 1.30 bits per heavy atom. The first kappa shape index (κ1) is 13.9. The molecule has 0 unspecified atom stereocenters. The topological polar surface area (TPSA) is 43.4 Å². The van der Waals surface area contributed by atoms with Gasteiger partial charge in [-0.2, -0.15) is 0 Å². The Morgan fingerprint density at radius 3 is 2.95 bits per heavy atom. The Morgan fingerprint density at radius 2 is 2.15 bits per heavy atom. The van der Waals surface area contributed by atoms with Gasteiger partial charge >= 0.3 is 0 Å². The van der Waals surface area contributed by atoms with Gasteiger partial charge in [0.25, 0.3) is 0 Å². The number of hydrogen-bond acceptors (Lipinski definition) is 5. The van der Waals surface area contributed by atoms with Crippen molar-refractivity contribution in [2.45, 2.75) is 20.0 Å². The number of halogens is 1. The molecule has 1 aliphatic heterocycles. The van der Waals surface area contributed by atoms with Gasteiger partial charge in [-0.05, 0) is 40.5 Å². The van der Waals surface area contributed by atoms with E-state index in [4.69, 9.17) is 9.47 Å². The Balaban J connectivity index is 1.64. The van der Waals surface area contributed by atoms with Gasteiger partial charge in [-0.3, -0.25) is 0 Å². The Hall–Kier alpha value is -1.11. The number of hydrogen-bond donors (Lipinski definition) is 1. The second kappa shape index (κ2) is 6.11. The summed E-state index contributed by atoms with van der Waals surface area (Å²) in [5.41, 5.74) is 1.17. The smallest absolute Gasteiger partial charge is 0.175 e. The van der Waals surface area contributed by atoms with Crippen LogP contribution in [0.15, 0.2) is 22.8 Å². The average molecular weight is 355 g/mol. The summed E-state index contributed by atoms with van der Waals surface area (Å²) in [6.45, 7) is 4.85. The predicted molar refractivity (Wildman–Crippen MR) is 82.5 cm³/mol. The van der Waals surface area contributed by atoms with E-state index in [1.807, 2.05) is 19.2 Å². The van der Waals surface area contributed by atoms with Crippen molar-refractivity contribution in [2.75, 3.05) is 13.2 Å². The molecule has 2 aromatic rings. The lowest BCUT2D eigenvalue weighted by Gasteiger charge is -2.20. The van der Waals surface area contributed by atoms with Gasteiger partial charge in [0.1, 0.15) is 13.2 Å². The van der Waals surface area contributed by atoms with E-state index < -0.39 is 0 Å². The van der Waals surface area contributed by atoms with Gasteiger partial charge in [-0.25, -0.2) is 4.98 Å². The SMILES string of the molecule is Cc1ncc(CNCc2cc(Br)c3c(c2)OCCO3)s1. The van der Waals surface area contributed by atoms with Crippen LogP contribution >= 0.6 is 27.3 Å². The first-order valence-electron chi connectivity index (χ1n) is 6.42. The van der Waals surface area contributed by atoms with Crippen molar-refractivity contribution < 1.29 is 9.47 Å². The van der Waals surface area contributed by atoms with Gasteiger partial charge in [0.15, 0.2) is 11.5 Å². The third kappa shape index (κ3) is 3.13. The van der Waals surface area contributed by atoms with Gasteiger partial charge in [-0.15, -0.1) is 11.3 Å². The number of nitrogens with zero attached hydrogens (tertiary/aromatic N) is 1. The van der Waals surface area contributed by atoms with Gasteiger partial charge in [0.2, 0.25) is 0 Å². The molecule has 2 heterocycles. The van der Waals surface area contributed by atoms with Crippen molar-refractivity contribution in [3.05, 3.63) is 38.3 Å². The highest BCUT2D eigenvalue weighted by atomic mass is 79.9. The fourth-order valence-corrected chi connectivity index (χ4v) is 3.45. The van der Waals surface area contributed by atoms with Crippen molar-refractivity contribution in [3.8, 4) is 11.5 Å². The molecule has 0 radical (unpaired) electrons. The number of ether oxygens (including phenoxy) is 2. The number of aromatic nitrogens is 1. The quantitative estimate of drug-likeness (QED) is 0.914. The highest BCUT2D eigenvalue weighted by Crippen LogP contribution is 2.38. The lowest BCUT2D eigenvalue weighted by molar-refractivity contribution is 0.170. The van der Waals surface area contributed by atoms with Gasteiger partial charge in [-0.1, -0.05) is 0 Å². The Kier molecular flexibility index (Phi) is 4.24. The molecule has 6 heteroatoms. The van der Waals surface area contributed by atoms with E-state index >= 15 is 0 Å². The molecule has 1 aromatic carbocycles. The van der Waals surface area contributed by atoms with Crippen LogP contribution in [0.4, 0.5) is 0 Å². The molecule has 0 fully saturated rings. The van der Waals surface area contributed by atoms with Gasteiger partial charge in [0, 0.05) is 24.2 Å². The highest BCUT2D eigenvalue weighted by molar-refractivity contribution is 9.10. The van der Waals surface area contributed by atoms with Gasteiger partial charge < -0.3 is 14.8 Å². The number of rotatable bonds is 4. The largest absolute Gasteiger partial charge is 0.486 e. The lowest BCUT2D eigenvalue weighted by Crippen LogP contribution is -2.17. The molecule has 0 spiro atoms. The molecular weight excluding hydrogens is 340 g/mol. The summed E-state index contributed by atoms with van der Waals surface area (Å²) in [5, 5.41) is 4.52. The zero-order valence-electron chi connectivity index (χ0n) is 11.1. The van der Waals surface area contributed by atoms with Crippen LogP contribution in [0.3, 0.4) is 0 Å². The van der Waals surface area contributed by atoms with Crippen molar-refractivity contribution in [3.63, 3.8) is 0 Å². The molecule has 106 valence electrons. The molecular formula is C14H15BrN2O2S. The van der Waals surface area contributed by atoms with E-state index in [2.05, 4.69) is 32.3 Å². The van der Waals surface area contributed by atoms with Crippen molar-refractivity contribution in [1.29, 1.82) is 0 Å².